The topological polar surface area (TPSA) is 93.8 Å². The summed E-state index contributed by atoms with van der Waals surface area (Å²) in [6, 6.07) is 0. The number of carbonyl (C=O) groups is 1. The molecule has 1 N–H and O–H groups in total. The van der Waals surface area contributed by atoms with E-state index in [-0.39, 0.29) is 12.1 Å². The van der Waals surface area contributed by atoms with Gasteiger partial charge in [-0.15, -0.1) is 0 Å². The van der Waals surface area contributed by atoms with Crippen molar-refractivity contribution in [3.63, 3.8) is 0 Å². The fraction of sp³-hybridized carbons (Fsp3) is 0.125. The lowest BCUT2D eigenvalue weighted by molar-refractivity contribution is 0.0694. The van der Waals surface area contributed by atoms with Crippen molar-refractivity contribution in [2.75, 3.05) is 0 Å². The van der Waals surface area contributed by atoms with Gasteiger partial charge in [0.05, 0.1) is 12.2 Å². The molecule has 15 heavy (non-hydrogen) atoms. The van der Waals surface area contributed by atoms with Crippen LogP contribution in [0.2, 0.25) is 0 Å². The summed E-state index contributed by atoms with van der Waals surface area (Å²) in [4.78, 5) is 22.1. The number of carboxylic acids is 1. The molecule has 0 radical (unpaired) electrons. The monoisotopic (exact) mass is 205 g/mol. The molecule has 2 aromatic heterocycles. The van der Waals surface area contributed by atoms with Crippen LogP contribution in [0.4, 0.5) is 0 Å². The zero-order chi connectivity index (χ0) is 10.7. The predicted octanol–water partition coefficient (Wildman–Crippen LogP) is -0.185. The number of aromatic carboxylic acids is 1. The minimum Gasteiger partial charge on any atom is -0.478 e. The molecule has 0 aliphatic carbocycles. The number of aromatic nitrogens is 5. The Morgan fingerprint density at radius 2 is 2.27 bits per heavy atom. The van der Waals surface area contributed by atoms with E-state index < -0.39 is 5.97 Å². The fourth-order valence-corrected chi connectivity index (χ4v) is 1.13. The van der Waals surface area contributed by atoms with Crippen molar-refractivity contribution >= 4 is 5.97 Å². The molecule has 2 heterocycles. The smallest absolute Gasteiger partial charge is 0.339 e. The quantitative estimate of drug-likeness (QED) is 0.746. The summed E-state index contributed by atoms with van der Waals surface area (Å²) in [5.74, 6) is -1.05. The van der Waals surface area contributed by atoms with Crippen LogP contribution in [0.3, 0.4) is 0 Å². The van der Waals surface area contributed by atoms with Crippen molar-refractivity contribution in [3.8, 4) is 0 Å². The van der Waals surface area contributed by atoms with Crippen LogP contribution < -0.4 is 0 Å². The third-order valence-electron chi connectivity index (χ3n) is 1.80. The highest BCUT2D eigenvalue weighted by atomic mass is 16.4. The fourth-order valence-electron chi connectivity index (χ4n) is 1.13. The van der Waals surface area contributed by atoms with Gasteiger partial charge in [-0.1, -0.05) is 0 Å². The Morgan fingerprint density at radius 3 is 2.93 bits per heavy atom. The molecule has 0 fully saturated rings. The van der Waals surface area contributed by atoms with Gasteiger partial charge in [-0.2, -0.15) is 5.10 Å². The van der Waals surface area contributed by atoms with Gasteiger partial charge in [0.1, 0.15) is 24.5 Å². The molecule has 0 aromatic carbocycles. The SMILES string of the molecule is O=C(O)c1cncnc1Cn1cncn1. The largest absolute Gasteiger partial charge is 0.478 e. The summed E-state index contributed by atoms with van der Waals surface area (Å²) < 4.78 is 1.49. The Bertz CT molecular complexity index is 468. The zero-order valence-corrected chi connectivity index (χ0v) is 7.61. The van der Waals surface area contributed by atoms with Gasteiger partial charge in [-0.25, -0.2) is 24.4 Å². The van der Waals surface area contributed by atoms with Crippen molar-refractivity contribution in [3.05, 3.63) is 36.4 Å². The van der Waals surface area contributed by atoms with Gasteiger partial charge in [-0.05, 0) is 0 Å². The van der Waals surface area contributed by atoms with Crippen molar-refractivity contribution < 1.29 is 9.90 Å². The molecule has 0 amide bonds. The third kappa shape index (κ3) is 1.96. The number of carboxylic acid groups (broad SMARTS) is 1. The van der Waals surface area contributed by atoms with Crippen LogP contribution in [0.5, 0.6) is 0 Å². The lowest BCUT2D eigenvalue weighted by Crippen LogP contribution is -2.10. The normalized spacial score (nSPS) is 10.1. The number of rotatable bonds is 3. The van der Waals surface area contributed by atoms with Crippen LogP contribution in [0.15, 0.2) is 25.2 Å². The maximum absolute atomic E-state index is 10.8. The van der Waals surface area contributed by atoms with E-state index in [0.29, 0.717) is 5.69 Å². The van der Waals surface area contributed by atoms with Crippen LogP contribution in [-0.2, 0) is 6.54 Å². The van der Waals surface area contributed by atoms with E-state index in [1.54, 1.807) is 0 Å². The molecule has 0 saturated heterocycles. The zero-order valence-electron chi connectivity index (χ0n) is 7.61. The molecule has 0 bridgehead atoms. The van der Waals surface area contributed by atoms with E-state index in [1.165, 1.54) is 29.9 Å². The van der Waals surface area contributed by atoms with Crippen molar-refractivity contribution in [2.24, 2.45) is 0 Å². The summed E-state index contributed by atoms with van der Waals surface area (Å²) in [6.45, 7) is 0.268. The summed E-state index contributed by atoms with van der Waals surface area (Å²) in [6.07, 6.45) is 5.44. The minimum atomic E-state index is -1.05. The Balaban J connectivity index is 2.32. The Morgan fingerprint density at radius 1 is 1.40 bits per heavy atom. The van der Waals surface area contributed by atoms with E-state index in [1.807, 2.05) is 0 Å². The van der Waals surface area contributed by atoms with Gasteiger partial charge in [0, 0.05) is 6.20 Å². The molecule has 0 aliphatic rings. The average molecular weight is 205 g/mol. The molecule has 7 nitrogen and oxygen atoms in total. The van der Waals surface area contributed by atoms with Crippen LogP contribution in [-0.4, -0.2) is 35.8 Å². The van der Waals surface area contributed by atoms with E-state index in [0.717, 1.165) is 0 Å². The van der Waals surface area contributed by atoms with Gasteiger partial charge in [0.2, 0.25) is 0 Å². The van der Waals surface area contributed by atoms with Gasteiger partial charge in [0.15, 0.2) is 0 Å². The van der Waals surface area contributed by atoms with Crippen LogP contribution in [0.1, 0.15) is 16.1 Å². The molecule has 76 valence electrons. The third-order valence-corrected chi connectivity index (χ3v) is 1.80. The van der Waals surface area contributed by atoms with Crippen LogP contribution in [0.25, 0.3) is 0 Å². The van der Waals surface area contributed by atoms with Gasteiger partial charge >= 0.3 is 5.97 Å². The van der Waals surface area contributed by atoms with Gasteiger partial charge < -0.3 is 5.11 Å². The summed E-state index contributed by atoms with van der Waals surface area (Å²) in [7, 11) is 0. The first kappa shape index (κ1) is 9.25. The molecule has 2 rings (SSSR count). The minimum absolute atomic E-state index is 0.0769. The highest BCUT2D eigenvalue weighted by Crippen LogP contribution is 2.04. The standard InChI is InChI=1S/C8H7N5O2/c14-8(15)6-1-9-3-11-7(6)2-13-5-10-4-12-13/h1,3-5H,2H2,(H,14,15). The molecule has 0 aliphatic heterocycles. The lowest BCUT2D eigenvalue weighted by Gasteiger charge is -2.02. The summed E-state index contributed by atoms with van der Waals surface area (Å²) in [5, 5.41) is 12.7. The second kappa shape index (κ2) is 3.82. The van der Waals surface area contributed by atoms with Crippen molar-refractivity contribution in [2.45, 2.75) is 6.54 Å². The Hall–Kier alpha value is -2.31. The maximum atomic E-state index is 10.8. The molecule has 0 atom stereocenters. The number of nitrogens with zero attached hydrogens (tertiary/aromatic N) is 5. The summed E-state index contributed by atoms with van der Waals surface area (Å²) in [5.41, 5.74) is 0.482. The second-order valence-corrected chi connectivity index (χ2v) is 2.78. The average Bonchev–Trinajstić information content (AvgIpc) is 2.71. The van der Waals surface area contributed by atoms with Crippen molar-refractivity contribution in [1.82, 2.24) is 24.7 Å². The Kier molecular flexibility index (Phi) is 2.36. The first-order chi connectivity index (χ1) is 7.27. The van der Waals surface area contributed by atoms with E-state index in [2.05, 4.69) is 20.1 Å². The van der Waals surface area contributed by atoms with Gasteiger partial charge in [-0.3, -0.25) is 0 Å². The molecule has 0 spiro atoms. The Labute approximate surface area is 84.4 Å². The first-order valence-corrected chi connectivity index (χ1v) is 4.12. The van der Waals surface area contributed by atoms with Crippen molar-refractivity contribution in [1.29, 1.82) is 0 Å². The lowest BCUT2D eigenvalue weighted by atomic mass is 10.2. The highest BCUT2D eigenvalue weighted by Gasteiger charge is 2.11. The molecule has 2 aromatic rings. The molecule has 0 unspecified atom stereocenters. The number of hydrogen-bond donors (Lipinski definition) is 1. The summed E-state index contributed by atoms with van der Waals surface area (Å²) >= 11 is 0. The highest BCUT2D eigenvalue weighted by molar-refractivity contribution is 5.88. The molecular formula is C8H7N5O2. The van der Waals surface area contributed by atoms with E-state index >= 15 is 0 Å². The molecule has 0 saturated carbocycles. The first-order valence-electron chi connectivity index (χ1n) is 4.12. The van der Waals surface area contributed by atoms with E-state index in [9.17, 15) is 4.79 Å². The maximum Gasteiger partial charge on any atom is 0.339 e. The molecule has 7 heteroatoms. The van der Waals surface area contributed by atoms with E-state index in [4.69, 9.17) is 5.11 Å². The van der Waals surface area contributed by atoms with Crippen LogP contribution >= 0.6 is 0 Å². The predicted molar refractivity (Wildman–Crippen MR) is 48.1 cm³/mol. The molecular weight excluding hydrogens is 198 g/mol. The second-order valence-electron chi connectivity index (χ2n) is 2.78. The van der Waals surface area contributed by atoms with Gasteiger partial charge in [0.25, 0.3) is 0 Å². The number of hydrogen-bond acceptors (Lipinski definition) is 5. The van der Waals surface area contributed by atoms with Crippen LogP contribution in [0, 0.1) is 0 Å².